The maximum absolute atomic E-state index is 13.0. The molecule has 0 bridgehead atoms. The number of aromatic nitrogens is 2. The number of H-pyrrole nitrogens is 1. The van der Waals surface area contributed by atoms with Gasteiger partial charge in [-0.1, -0.05) is 26.2 Å². The zero-order chi connectivity index (χ0) is 13.5. The van der Waals surface area contributed by atoms with E-state index in [9.17, 15) is 4.39 Å². The monoisotopic (exact) mass is 263 g/mol. The van der Waals surface area contributed by atoms with Crippen molar-refractivity contribution in [3.63, 3.8) is 0 Å². The molecule has 0 aliphatic heterocycles. The molecule has 1 aromatic carbocycles. The van der Waals surface area contributed by atoms with Crippen LogP contribution in [-0.4, -0.2) is 23.1 Å². The Kier molecular flexibility index (Phi) is 5.33. The van der Waals surface area contributed by atoms with E-state index >= 15 is 0 Å². The van der Waals surface area contributed by atoms with Crippen LogP contribution < -0.4 is 5.32 Å². The van der Waals surface area contributed by atoms with E-state index in [1.165, 1.54) is 37.8 Å². The minimum absolute atomic E-state index is 0.225. The van der Waals surface area contributed by atoms with Gasteiger partial charge in [-0.15, -0.1) is 0 Å². The fourth-order valence-electron chi connectivity index (χ4n) is 2.16. The summed E-state index contributed by atoms with van der Waals surface area (Å²) in [7, 11) is 0. The fraction of sp³-hybridized carbons (Fsp3) is 0.533. The van der Waals surface area contributed by atoms with Crippen molar-refractivity contribution in [3.05, 3.63) is 29.8 Å². The molecule has 0 saturated heterocycles. The van der Waals surface area contributed by atoms with Gasteiger partial charge < -0.3 is 10.3 Å². The first-order valence-electron chi connectivity index (χ1n) is 7.14. The van der Waals surface area contributed by atoms with Crippen LogP contribution in [0.3, 0.4) is 0 Å². The molecule has 0 aliphatic carbocycles. The normalized spacial score (nSPS) is 11.3. The molecule has 0 fully saturated rings. The number of hydrogen-bond donors (Lipinski definition) is 2. The predicted octanol–water partition coefficient (Wildman–Crippen LogP) is 3.41. The molecule has 0 aliphatic rings. The molecule has 1 heterocycles. The van der Waals surface area contributed by atoms with E-state index in [0.29, 0.717) is 0 Å². The lowest BCUT2D eigenvalue weighted by Crippen LogP contribution is -2.18. The Morgan fingerprint density at radius 1 is 1.21 bits per heavy atom. The summed E-state index contributed by atoms with van der Waals surface area (Å²) in [6.07, 6.45) is 5.98. The summed E-state index contributed by atoms with van der Waals surface area (Å²) in [4.78, 5) is 7.60. The number of nitrogens with zero attached hydrogens (tertiary/aromatic N) is 1. The standard InChI is InChI=1S/C15H22FN3/c1-2-3-4-5-9-17-10-8-15-18-13-7-6-12(16)11-14(13)19-15/h6-7,11,17H,2-5,8-10H2,1H3,(H,18,19). The molecule has 2 aromatic rings. The number of rotatable bonds is 8. The van der Waals surface area contributed by atoms with Crippen molar-refractivity contribution in [2.45, 2.75) is 39.0 Å². The average Bonchev–Trinajstić information content (AvgIpc) is 2.79. The van der Waals surface area contributed by atoms with Crippen molar-refractivity contribution in [2.75, 3.05) is 13.1 Å². The van der Waals surface area contributed by atoms with E-state index in [2.05, 4.69) is 22.2 Å². The first kappa shape index (κ1) is 14.0. The summed E-state index contributed by atoms with van der Waals surface area (Å²) < 4.78 is 13.0. The van der Waals surface area contributed by atoms with Gasteiger partial charge in [0.2, 0.25) is 0 Å². The van der Waals surface area contributed by atoms with Crippen LogP contribution in [0.15, 0.2) is 18.2 Å². The van der Waals surface area contributed by atoms with Gasteiger partial charge in [0, 0.05) is 13.0 Å². The Labute approximate surface area is 113 Å². The lowest BCUT2D eigenvalue weighted by molar-refractivity contribution is 0.595. The summed E-state index contributed by atoms with van der Waals surface area (Å²) in [5.41, 5.74) is 1.61. The highest BCUT2D eigenvalue weighted by molar-refractivity contribution is 5.74. The summed E-state index contributed by atoms with van der Waals surface area (Å²) in [5, 5.41) is 3.41. The van der Waals surface area contributed by atoms with Gasteiger partial charge in [0.25, 0.3) is 0 Å². The van der Waals surface area contributed by atoms with E-state index < -0.39 is 0 Å². The van der Waals surface area contributed by atoms with E-state index in [4.69, 9.17) is 0 Å². The number of nitrogens with one attached hydrogen (secondary N) is 2. The van der Waals surface area contributed by atoms with Crippen molar-refractivity contribution in [2.24, 2.45) is 0 Å². The molecule has 19 heavy (non-hydrogen) atoms. The number of unbranched alkanes of at least 4 members (excludes halogenated alkanes) is 3. The molecule has 0 unspecified atom stereocenters. The summed E-state index contributed by atoms with van der Waals surface area (Å²) in [5.74, 6) is 0.693. The van der Waals surface area contributed by atoms with Crippen LogP contribution in [-0.2, 0) is 6.42 Å². The third kappa shape index (κ3) is 4.31. The molecular formula is C15H22FN3. The molecule has 3 nitrogen and oxygen atoms in total. The van der Waals surface area contributed by atoms with Crippen LogP contribution in [0.2, 0.25) is 0 Å². The average molecular weight is 263 g/mol. The Bertz CT molecular complexity index is 507. The van der Waals surface area contributed by atoms with Crippen LogP contribution in [0.25, 0.3) is 11.0 Å². The first-order valence-corrected chi connectivity index (χ1v) is 7.14. The van der Waals surface area contributed by atoms with Crippen LogP contribution in [0.5, 0.6) is 0 Å². The van der Waals surface area contributed by atoms with Crippen LogP contribution >= 0.6 is 0 Å². The molecule has 0 saturated carbocycles. The zero-order valence-electron chi connectivity index (χ0n) is 11.5. The van der Waals surface area contributed by atoms with Crippen LogP contribution in [0.4, 0.5) is 4.39 Å². The lowest BCUT2D eigenvalue weighted by atomic mass is 10.2. The molecule has 104 valence electrons. The van der Waals surface area contributed by atoms with Gasteiger partial charge in [-0.05, 0) is 31.2 Å². The van der Waals surface area contributed by atoms with Crippen molar-refractivity contribution >= 4 is 11.0 Å². The van der Waals surface area contributed by atoms with Gasteiger partial charge in [0.05, 0.1) is 11.0 Å². The van der Waals surface area contributed by atoms with Gasteiger partial charge in [-0.25, -0.2) is 9.37 Å². The maximum atomic E-state index is 13.0. The highest BCUT2D eigenvalue weighted by Gasteiger charge is 2.03. The quantitative estimate of drug-likeness (QED) is 0.716. The Morgan fingerprint density at radius 3 is 2.95 bits per heavy atom. The van der Waals surface area contributed by atoms with E-state index in [1.54, 1.807) is 6.07 Å². The van der Waals surface area contributed by atoms with Gasteiger partial charge >= 0.3 is 0 Å². The number of fused-ring (bicyclic) bond motifs is 1. The zero-order valence-corrected chi connectivity index (χ0v) is 11.5. The van der Waals surface area contributed by atoms with Crippen molar-refractivity contribution in [3.8, 4) is 0 Å². The number of aromatic amines is 1. The molecule has 0 amide bonds. The number of hydrogen-bond acceptors (Lipinski definition) is 2. The first-order chi connectivity index (χ1) is 9.29. The SMILES string of the molecule is CCCCCCNCCc1nc2ccc(F)cc2[nH]1. The predicted molar refractivity (Wildman–Crippen MR) is 76.8 cm³/mol. The second kappa shape index (κ2) is 7.24. The lowest BCUT2D eigenvalue weighted by Gasteiger charge is -2.02. The van der Waals surface area contributed by atoms with Gasteiger partial charge in [0.1, 0.15) is 11.6 Å². The van der Waals surface area contributed by atoms with Crippen LogP contribution in [0.1, 0.15) is 38.4 Å². The van der Waals surface area contributed by atoms with Crippen molar-refractivity contribution < 1.29 is 4.39 Å². The third-order valence-electron chi connectivity index (χ3n) is 3.24. The minimum atomic E-state index is -0.225. The Balaban J connectivity index is 1.72. The second-order valence-electron chi connectivity index (χ2n) is 4.91. The van der Waals surface area contributed by atoms with Gasteiger partial charge in [0.15, 0.2) is 0 Å². The smallest absolute Gasteiger partial charge is 0.125 e. The largest absolute Gasteiger partial charge is 0.342 e. The van der Waals surface area contributed by atoms with E-state index in [0.717, 1.165) is 36.4 Å². The minimum Gasteiger partial charge on any atom is -0.342 e. The molecule has 2 N–H and O–H groups in total. The van der Waals surface area contributed by atoms with Crippen molar-refractivity contribution in [1.82, 2.24) is 15.3 Å². The Morgan fingerprint density at radius 2 is 2.11 bits per heavy atom. The highest BCUT2D eigenvalue weighted by Crippen LogP contribution is 2.12. The van der Waals surface area contributed by atoms with Gasteiger partial charge in [-0.2, -0.15) is 0 Å². The topological polar surface area (TPSA) is 40.7 Å². The van der Waals surface area contributed by atoms with E-state index in [1.807, 2.05) is 0 Å². The maximum Gasteiger partial charge on any atom is 0.125 e. The third-order valence-corrected chi connectivity index (χ3v) is 3.24. The fourth-order valence-corrected chi connectivity index (χ4v) is 2.16. The summed E-state index contributed by atoms with van der Waals surface area (Å²) in [6.45, 7) is 4.20. The molecule has 2 rings (SSSR count). The van der Waals surface area contributed by atoms with E-state index in [-0.39, 0.29) is 5.82 Å². The molecular weight excluding hydrogens is 241 g/mol. The van der Waals surface area contributed by atoms with Crippen molar-refractivity contribution in [1.29, 1.82) is 0 Å². The second-order valence-corrected chi connectivity index (χ2v) is 4.91. The molecule has 0 spiro atoms. The van der Waals surface area contributed by atoms with Crippen LogP contribution in [0, 0.1) is 5.82 Å². The molecule has 0 atom stereocenters. The Hall–Kier alpha value is -1.42. The molecule has 0 radical (unpaired) electrons. The molecule has 4 heteroatoms. The summed E-state index contributed by atoms with van der Waals surface area (Å²) in [6, 6.07) is 4.64. The number of benzene rings is 1. The molecule has 1 aromatic heterocycles. The highest BCUT2D eigenvalue weighted by atomic mass is 19.1. The number of halogens is 1. The van der Waals surface area contributed by atoms with Gasteiger partial charge in [-0.3, -0.25) is 0 Å². The number of imidazole rings is 1. The summed E-state index contributed by atoms with van der Waals surface area (Å²) >= 11 is 0.